The summed E-state index contributed by atoms with van der Waals surface area (Å²) in [7, 11) is 0. The Morgan fingerprint density at radius 3 is 2.10 bits per heavy atom. The first-order valence-corrected chi connectivity index (χ1v) is 11.5. The van der Waals surface area contributed by atoms with E-state index in [1.165, 1.54) is 31.4 Å². The molecule has 3 aliphatic rings. The number of piperazine rings is 1. The molecule has 1 atom stereocenters. The van der Waals surface area contributed by atoms with Crippen LogP contribution in [0.25, 0.3) is 0 Å². The third-order valence-electron chi connectivity index (χ3n) is 6.86. The number of piperidine rings is 1. The predicted molar refractivity (Wildman–Crippen MR) is 115 cm³/mol. The molecule has 2 aliphatic heterocycles. The minimum Gasteiger partial charge on any atom is -0.341 e. The van der Waals surface area contributed by atoms with Crippen molar-refractivity contribution in [2.75, 3.05) is 44.6 Å². The van der Waals surface area contributed by atoms with Crippen molar-refractivity contribution in [2.24, 2.45) is 5.92 Å². The zero-order valence-corrected chi connectivity index (χ0v) is 17.7. The monoisotopic (exact) mass is 416 g/mol. The number of urea groups is 1. The third-order valence-corrected chi connectivity index (χ3v) is 6.86. The molecule has 1 N–H and O–H groups in total. The second-order valence-corrected chi connectivity index (χ2v) is 8.84. The fourth-order valence-corrected chi connectivity index (χ4v) is 5.17. The second-order valence-electron chi connectivity index (χ2n) is 8.84. The van der Waals surface area contributed by atoms with Crippen molar-refractivity contribution in [2.45, 2.75) is 51.0 Å². The van der Waals surface area contributed by atoms with Gasteiger partial charge in [0.05, 0.1) is 6.04 Å². The highest BCUT2D eigenvalue weighted by molar-refractivity contribution is 5.89. The third kappa shape index (κ3) is 4.94. The number of likely N-dealkylation sites (tertiary alicyclic amines) is 1. The van der Waals surface area contributed by atoms with Crippen molar-refractivity contribution in [1.29, 1.82) is 0 Å². The van der Waals surface area contributed by atoms with Gasteiger partial charge >= 0.3 is 6.03 Å². The normalized spacial score (nSPS) is 22.2. The quantitative estimate of drug-likeness (QED) is 0.817. The van der Waals surface area contributed by atoms with Gasteiger partial charge in [-0.3, -0.25) is 9.69 Å². The molecule has 0 aromatic heterocycles. The molecule has 7 heteroatoms. The number of nitrogens with one attached hydrogen (secondary N) is 1. The fourth-order valence-electron chi connectivity index (χ4n) is 5.17. The second kappa shape index (κ2) is 9.77. The molecule has 4 rings (SSSR count). The Morgan fingerprint density at radius 2 is 1.47 bits per heavy atom. The Morgan fingerprint density at radius 1 is 0.833 bits per heavy atom. The molecular formula is C23H33FN4O2. The lowest BCUT2D eigenvalue weighted by molar-refractivity contribution is -0.140. The van der Waals surface area contributed by atoms with Gasteiger partial charge in [-0.15, -0.1) is 0 Å². The molecular weight excluding hydrogens is 383 g/mol. The lowest BCUT2D eigenvalue weighted by Crippen LogP contribution is -2.59. The summed E-state index contributed by atoms with van der Waals surface area (Å²) in [6, 6.07) is 5.61. The van der Waals surface area contributed by atoms with Gasteiger partial charge in [-0.1, -0.05) is 12.8 Å². The van der Waals surface area contributed by atoms with Gasteiger partial charge in [0.25, 0.3) is 0 Å². The van der Waals surface area contributed by atoms with Gasteiger partial charge in [-0.05, 0) is 62.3 Å². The molecule has 0 spiro atoms. The predicted octanol–water partition coefficient (Wildman–Crippen LogP) is 3.55. The molecule has 1 aromatic carbocycles. The minimum absolute atomic E-state index is 0.0343. The van der Waals surface area contributed by atoms with Crippen LogP contribution in [0.4, 0.5) is 14.9 Å². The van der Waals surface area contributed by atoms with Crippen LogP contribution in [0.1, 0.15) is 44.9 Å². The Kier molecular flexibility index (Phi) is 6.87. The fraction of sp³-hybridized carbons (Fsp3) is 0.652. The van der Waals surface area contributed by atoms with Crippen molar-refractivity contribution >= 4 is 17.6 Å². The molecule has 1 saturated carbocycles. The van der Waals surface area contributed by atoms with E-state index in [2.05, 4.69) is 15.1 Å². The number of rotatable bonds is 4. The number of carbonyl (C=O) groups is 2. The van der Waals surface area contributed by atoms with E-state index in [0.717, 1.165) is 51.9 Å². The van der Waals surface area contributed by atoms with Gasteiger partial charge in [0.2, 0.25) is 5.91 Å². The van der Waals surface area contributed by atoms with Crippen LogP contribution in [0.2, 0.25) is 0 Å². The Bertz CT molecular complexity index is 721. The van der Waals surface area contributed by atoms with E-state index < -0.39 is 0 Å². The molecule has 164 valence electrons. The number of carbonyl (C=O) groups excluding carboxylic acids is 2. The van der Waals surface area contributed by atoms with E-state index in [4.69, 9.17) is 0 Å². The summed E-state index contributed by atoms with van der Waals surface area (Å²) >= 11 is 0. The summed E-state index contributed by atoms with van der Waals surface area (Å²) in [6.45, 7) is 4.42. The molecule has 6 nitrogen and oxygen atoms in total. The first-order valence-electron chi connectivity index (χ1n) is 11.5. The van der Waals surface area contributed by atoms with Crippen molar-refractivity contribution in [3.8, 4) is 0 Å². The van der Waals surface area contributed by atoms with E-state index in [1.807, 2.05) is 0 Å². The molecule has 0 bridgehead atoms. The lowest BCUT2D eigenvalue weighted by Gasteiger charge is -2.43. The molecule has 3 amide bonds. The number of hydrogen-bond acceptors (Lipinski definition) is 3. The van der Waals surface area contributed by atoms with Gasteiger partial charge < -0.3 is 15.1 Å². The maximum absolute atomic E-state index is 13.4. The highest BCUT2D eigenvalue weighted by atomic mass is 19.1. The summed E-state index contributed by atoms with van der Waals surface area (Å²) < 4.78 is 13.1. The molecule has 2 heterocycles. The van der Waals surface area contributed by atoms with Crippen molar-refractivity contribution < 1.29 is 14.0 Å². The van der Waals surface area contributed by atoms with Gasteiger partial charge in [-0.2, -0.15) is 0 Å². The Labute approximate surface area is 178 Å². The van der Waals surface area contributed by atoms with Gasteiger partial charge in [0, 0.05) is 45.0 Å². The molecule has 30 heavy (non-hydrogen) atoms. The maximum Gasteiger partial charge on any atom is 0.321 e. The summed E-state index contributed by atoms with van der Waals surface area (Å²) in [5.74, 6) is 0.433. The van der Waals surface area contributed by atoms with Crippen LogP contribution in [-0.2, 0) is 4.79 Å². The minimum atomic E-state index is -0.321. The molecule has 0 radical (unpaired) electrons. The van der Waals surface area contributed by atoms with Gasteiger partial charge in [0.15, 0.2) is 0 Å². The van der Waals surface area contributed by atoms with E-state index in [-0.39, 0.29) is 17.9 Å². The standard InChI is InChI=1S/C23H33FN4O2/c24-19-8-10-20(11-9-19)25-23(30)28-16-14-26(15-17-28)21(18-6-2-3-7-18)22(29)27-12-4-1-5-13-27/h8-11,18,21H,1-7,12-17H2,(H,25,30)/t21-/m1/s1. The lowest BCUT2D eigenvalue weighted by atomic mass is 9.93. The zero-order chi connectivity index (χ0) is 20.9. The van der Waals surface area contributed by atoms with Crippen molar-refractivity contribution in [3.05, 3.63) is 30.1 Å². The van der Waals surface area contributed by atoms with Crippen LogP contribution in [-0.4, -0.2) is 71.9 Å². The number of benzene rings is 1. The first-order chi connectivity index (χ1) is 14.6. The number of amides is 3. The van der Waals surface area contributed by atoms with E-state index >= 15 is 0 Å². The molecule has 1 aromatic rings. The van der Waals surface area contributed by atoms with Crippen LogP contribution in [0.5, 0.6) is 0 Å². The molecule has 0 unspecified atom stereocenters. The van der Waals surface area contributed by atoms with Crippen LogP contribution < -0.4 is 5.32 Å². The summed E-state index contributed by atoms with van der Waals surface area (Å²) in [6.07, 6.45) is 8.15. The molecule has 1 aliphatic carbocycles. The summed E-state index contributed by atoms with van der Waals surface area (Å²) in [5.41, 5.74) is 0.591. The number of anilines is 1. The van der Waals surface area contributed by atoms with Crippen molar-refractivity contribution in [3.63, 3.8) is 0 Å². The number of nitrogens with zero attached hydrogens (tertiary/aromatic N) is 3. The van der Waals surface area contributed by atoms with Crippen LogP contribution in [0.3, 0.4) is 0 Å². The SMILES string of the molecule is O=C(Nc1ccc(F)cc1)N1CCN([C@@H](C(=O)N2CCCCC2)C2CCCC2)CC1. The topological polar surface area (TPSA) is 55.9 Å². The van der Waals surface area contributed by atoms with E-state index in [0.29, 0.717) is 30.6 Å². The van der Waals surface area contributed by atoms with Crippen LogP contribution in [0, 0.1) is 11.7 Å². The zero-order valence-electron chi connectivity index (χ0n) is 17.7. The maximum atomic E-state index is 13.4. The van der Waals surface area contributed by atoms with E-state index in [9.17, 15) is 14.0 Å². The van der Waals surface area contributed by atoms with Gasteiger partial charge in [0.1, 0.15) is 5.82 Å². The Balaban J connectivity index is 1.36. The average molecular weight is 417 g/mol. The van der Waals surface area contributed by atoms with Crippen LogP contribution in [0.15, 0.2) is 24.3 Å². The smallest absolute Gasteiger partial charge is 0.321 e. The number of hydrogen-bond donors (Lipinski definition) is 1. The average Bonchev–Trinajstić information content (AvgIpc) is 3.31. The Hall–Kier alpha value is -2.15. The summed E-state index contributed by atoms with van der Waals surface area (Å²) in [5, 5.41) is 2.84. The van der Waals surface area contributed by atoms with E-state index in [1.54, 1.807) is 17.0 Å². The van der Waals surface area contributed by atoms with Gasteiger partial charge in [-0.25, -0.2) is 9.18 Å². The number of halogens is 1. The van der Waals surface area contributed by atoms with Crippen molar-refractivity contribution in [1.82, 2.24) is 14.7 Å². The molecule has 2 saturated heterocycles. The highest BCUT2D eigenvalue weighted by Gasteiger charge is 2.39. The highest BCUT2D eigenvalue weighted by Crippen LogP contribution is 2.32. The molecule has 3 fully saturated rings. The largest absolute Gasteiger partial charge is 0.341 e. The first kappa shape index (κ1) is 21.1. The summed E-state index contributed by atoms with van der Waals surface area (Å²) in [4.78, 5) is 32.2. The van der Waals surface area contributed by atoms with Crippen LogP contribution >= 0.6 is 0 Å².